The van der Waals surface area contributed by atoms with Gasteiger partial charge in [-0.1, -0.05) is 5.92 Å². The van der Waals surface area contributed by atoms with E-state index in [-0.39, 0.29) is 13.2 Å². The second-order valence-electron chi connectivity index (χ2n) is 2.81. The number of aliphatic hydroxyl groups excluding tert-OH is 1. The smallest absolute Gasteiger partial charge is 0.410 e. The molecule has 1 amide bonds. The third-order valence-corrected chi connectivity index (χ3v) is 1.40. The van der Waals surface area contributed by atoms with Gasteiger partial charge in [-0.05, 0) is 6.92 Å². The zero-order valence-corrected chi connectivity index (χ0v) is 7.99. The first-order chi connectivity index (χ1) is 6.07. The lowest BCUT2D eigenvalue weighted by Gasteiger charge is -2.14. The Morgan fingerprint density at radius 2 is 2.38 bits per heavy atom. The van der Waals surface area contributed by atoms with Gasteiger partial charge in [0.05, 0.1) is 19.3 Å². The van der Waals surface area contributed by atoms with Crippen molar-refractivity contribution in [1.82, 2.24) is 4.90 Å². The van der Waals surface area contributed by atoms with Gasteiger partial charge < -0.3 is 14.7 Å². The summed E-state index contributed by atoms with van der Waals surface area (Å²) in [6, 6.07) is 0. The molecule has 0 radical (unpaired) electrons. The fourth-order valence-corrected chi connectivity index (χ4v) is 0.628. The Morgan fingerprint density at radius 3 is 2.85 bits per heavy atom. The van der Waals surface area contributed by atoms with Crippen molar-refractivity contribution in [1.29, 1.82) is 0 Å². The van der Waals surface area contributed by atoms with Crippen LogP contribution >= 0.6 is 0 Å². The number of amides is 1. The Hall–Kier alpha value is -1.21. The van der Waals surface area contributed by atoms with E-state index in [1.54, 1.807) is 14.0 Å². The van der Waals surface area contributed by atoms with Crippen LogP contribution in [-0.2, 0) is 4.74 Å². The Morgan fingerprint density at radius 1 is 1.77 bits per heavy atom. The molecule has 0 aliphatic carbocycles. The number of carbonyl (C=O) groups is 1. The molecule has 0 saturated carbocycles. The van der Waals surface area contributed by atoms with Crippen molar-refractivity contribution in [3.05, 3.63) is 0 Å². The Balaban J connectivity index is 3.57. The van der Waals surface area contributed by atoms with Crippen LogP contribution in [0.15, 0.2) is 0 Å². The van der Waals surface area contributed by atoms with Gasteiger partial charge in [0, 0.05) is 13.5 Å². The molecule has 0 aliphatic rings. The summed E-state index contributed by atoms with van der Waals surface area (Å²) in [4.78, 5) is 12.3. The van der Waals surface area contributed by atoms with E-state index in [1.165, 1.54) is 4.90 Å². The molecule has 0 aliphatic heterocycles. The summed E-state index contributed by atoms with van der Waals surface area (Å²) < 4.78 is 4.80. The highest BCUT2D eigenvalue weighted by Crippen LogP contribution is 1.94. The van der Waals surface area contributed by atoms with Gasteiger partial charge in [-0.3, -0.25) is 0 Å². The molecule has 0 heterocycles. The third kappa shape index (κ3) is 6.00. The highest BCUT2D eigenvalue weighted by Gasteiger charge is 2.08. The number of rotatable bonds is 4. The lowest BCUT2D eigenvalue weighted by Crippen LogP contribution is -2.28. The Labute approximate surface area is 78.5 Å². The maximum absolute atomic E-state index is 11.0. The van der Waals surface area contributed by atoms with E-state index in [4.69, 9.17) is 16.3 Å². The molecule has 1 unspecified atom stereocenters. The van der Waals surface area contributed by atoms with Crippen LogP contribution in [0.25, 0.3) is 0 Å². The van der Waals surface area contributed by atoms with E-state index >= 15 is 0 Å². The first-order valence-corrected chi connectivity index (χ1v) is 4.07. The quantitative estimate of drug-likeness (QED) is 0.647. The van der Waals surface area contributed by atoms with E-state index in [2.05, 4.69) is 5.92 Å². The molecule has 74 valence electrons. The molecule has 0 aromatic rings. The van der Waals surface area contributed by atoms with E-state index in [1.807, 2.05) is 0 Å². The molecule has 4 heteroatoms. The summed E-state index contributed by atoms with van der Waals surface area (Å²) in [7, 11) is 1.56. The molecule has 1 N–H and O–H groups in total. The normalized spacial score (nSPS) is 11.5. The minimum atomic E-state index is -0.460. The van der Waals surface area contributed by atoms with Gasteiger partial charge in [-0.15, -0.1) is 6.42 Å². The number of hydrogen-bond donors (Lipinski definition) is 1. The van der Waals surface area contributed by atoms with Crippen LogP contribution in [0.4, 0.5) is 4.79 Å². The second-order valence-corrected chi connectivity index (χ2v) is 2.81. The summed E-state index contributed by atoms with van der Waals surface area (Å²) in [6.45, 7) is 2.08. The maximum atomic E-state index is 11.0. The number of hydrogen-bond acceptors (Lipinski definition) is 3. The number of carbonyl (C=O) groups excluding carboxylic acids is 1. The molecular weight excluding hydrogens is 170 g/mol. The second kappa shape index (κ2) is 6.32. The molecule has 0 spiro atoms. The van der Waals surface area contributed by atoms with Crippen molar-refractivity contribution in [3.63, 3.8) is 0 Å². The molecule has 1 atom stereocenters. The minimum Gasteiger partial charge on any atom is -0.449 e. The molecule has 13 heavy (non-hydrogen) atoms. The fourth-order valence-electron chi connectivity index (χ4n) is 0.628. The lowest BCUT2D eigenvalue weighted by molar-refractivity contribution is 0.0926. The fraction of sp³-hybridized carbons (Fsp3) is 0.667. The van der Waals surface area contributed by atoms with Crippen molar-refractivity contribution < 1.29 is 14.6 Å². The molecule has 0 saturated heterocycles. The molecule has 4 nitrogen and oxygen atoms in total. The zero-order valence-electron chi connectivity index (χ0n) is 7.99. The molecular formula is C9H15NO3. The van der Waals surface area contributed by atoms with Crippen LogP contribution in [0.5, 0.6) is 0 Å². The summed E-state index contributed by atoms with van der Waals surface area (Å²) in [6.07, 6.45) is 4.53. The number of nitrogens with zero attached hydrogens (tertiary/aromatic N) is 1. The molecule has 0 aromatic carbocycles. The van der Waals surface area contributed by atoms with Crippen molar-refractivity contribution in [2.45, 2.75) is 19.4 Å². The van der Waals surface area contributed by atoms with Crippen LogP contribution in [0, 0.1) is 12.3 Å². The molecule has 0 rings (SSSR count). The Bertz CT molecular complexity index is 196. The average Bonchev–Trinajstić information content (AvgIpc) is 2.04. The van der Waals surface area contributed by atoms with Crippen LogP contribution in [0.2, 0.25) is 0 Å². The van der Waals surface area contributed by atoms with Crippen molar-refractivity contribution in [2.75, 3.05) is 20.2 Å². The molecule has 0 bridgehead atoms. The van der Waals surface area contributed by atoms with Crippen LogP contribution in [0.3, 0.4) is 0 Å². The highest BCUT2D eigenvalue weighted by atomic mass is 16.6. The van der Waals surface area contributed by atoms with Gasteiger partial charge in [0.2, 0.25) is 0 Å². The largest absolute Gasteiger partial charge is 0.449 e. The van der Waals surface area contributed by atoms with Gasteiger partial charge in [0.25, 0.3) is 0 Å². The summed E-state index contributed by atoms with van der Waals surface area (Å²) in [5.41, 5.74) is 0. The van der Waals surface area contributed by atoms with Gasteiger partial charge >= 0.3 is 6.09 Å². The number of terminal acetylenes is 1. The molecule has 0 fully saturated rings. The van der Waals surface area contributed by atoms with E-state index in [0.717, 1.165) is 0 Å². The van der Waals surface area contributed by atoms with Crippen molar-refractivity contribution in [2.24, 2.45) is 0 Å². The van der Waals surface area contributed by atoms with Gasteiger partial charge in [0.15, 0.2) is 0 Å². The number of ether oxygens (including phenoxy) is 1. The molecule has 0 aromatic heterocycles. The van der Waals surface area contributed by atoms with Crippen LogP contribution in [0.1, 0.15) is 13.3 Å². The standard InChI is InChI=1S/C9H15NO3/c1-4-6-10(3)9(12)13-7-5-8(2)11/h1,8,11H,5-7H2,2-3H3. The topological polar surface area (TPSA) is 49.8 Å². The predicted molar refractivity (Wildman–Crippen MR) is 49.1 cm³/mol. The number of aliphatic hydroxyl groups is 1. The van der Waals surface area contributed by atoms with Gasteiger partial charge in [-0.2, -0.15) is 0 Å². The first kappa shape index (κ1) is 11.8. The SMILES string of the molecule is C#CCN(C)C(=O)OCCC(C)O. The minimum absolute atomic E-state index is 0.214. The summed E-state index contributed by atoms with van der Waals surface area (Å²) in [5.74, 6) is 2.32. The van der Waals surface area contributed by atoms with Gasteiger partial charge in [-0.25, -0.2) is 4.79 Å². The summed E-state index contributed by atoms with van der Waals surface area (Å²) >= 11 is 0. The monoisotopic (exact) mass is 185 g/mol. The van der Waals surface area contributed by atoms with E-state index in [9.17, 15) is 4.79 Å². The van der Waals surface area contributed by atoms with Crippen molar-refractivity contribution >= 4 is 6.09 Å². The van der Waals surface area contributed by atoms with Gasteiger partial charge in [0.1, 0.15) is 0 Å². The lowest BCUT2D eigenvalue weighted by atomic mass is 10.3. The predicted octanol–water partition coefficient (Wildman–Crippen LogP) is 0.459. The Kier molecular flexibility index (Phi) is 5.73. The average molecular weight is 185 g/mol. The first-order valence-electron chi connectivity index (χ1n) is 4.07. The highest BCUT2D eigenvalue weighted by molar-refractivity contribution is 5.67. The van der Waals surface area contributed by atoms with Crippen LogP contribution < -0.4 is 0 Å². The van der Waals surface area contributed by atoms with Crippen molar-refractivity contribution in [3.8, 4) is 12.3 Å². The zero-order chi connectivity index (χ0) is 10.3. The summed E-state index contributed by atoms with van der Waals surface area (Å²) in [5, 5.41) is 8.87. The van der Waals surface area contributed by atoms with E-state index < -0.39 is 12.2 Å². The van der Waals surface area contributed by atoms with E-state index in [0.29, 0.717) is 6.42 Å². The third-order valence-electron chi connectivity index (χ3n) is 1.40. The maximum Gasteiger partial charge on any atom is 0.410 e. The van der Waals surface area contributed by atoms with Crippen LogP contribution in [-0.4, -0.2) is 42.4 Å².